The first-order valence-corrected chi connectivity index (χ1v) is 8.26. The largest absolute Gasteiger partial charge is 0.497 e. The number of nitrogens with one attached hydrogen (secondary N) is 1. The van der Waals surface area contributed by atoms with Crippen LogP contribution in [0.25, 0.3) is 0 Å². The Kier molecular flexibility index (Phi) is 5.25. The van der Waals surface area contributed by atoms with Crippen LogP contribution in [0, 0.1) is 0 Å². The van der Waals surface area contributed by atoms with Crippen LogP contribution in [0.1, 0.15) is 24.8 Å². The zero-order valence-electron chi connectivity index (χ0n) is 13.9. The maximum Gasteiger partial charge on any atom is 0.229 e. The molecule has 2 heterocycles. The molecule has 6 nitrogen and oxygen atoms in total. The molecule has 0 saturated carbocycles. The van der Waals surface area contributed by atoms with Crippen molar-refractivity contribution in [2.75, 3.05) is 30.4 Å². The van der Waals surface area contributed by atoms with Crippen molar-refractivity contribution in [2.24, 2.45) is 0 Å². The molecule has 3 rings (SSSR count). The van der Waals surface area contributed by atoms with E-state index in [9.17, 15) is 4.79 Å². The van der Waals surface area contributed by atoms with E-state index in [2.05, 4.69) is 20.4 Å². The second-order valence-electron chi connectivity index (χ2n) is 5.90. The van der Waals surface area contributed by atoms with Gasteiger partial charge in [-0.15, -0.1) is 10.2 Å². The number of hydrogen-bond acceptors (Lipinski definition) is 5. The predicted octanol–water partition coefficient (Wildman–Crippen LogP) is 2.66. The van der Waals surface area contributed by atoms with Crippen LogP contribution in [0.3, 0.4) is 0 Å². The molecule has 1 aliphatic heterocycles. The Balaban J connectivity index is 1.55. The summed E-state index contributed by atoms with van der Waals surface area (Å²) in [5, 5.41) is 11.1. The number of methoxy groups -OCH3 is 1. The van der Waals surface area contributed by atoms with E-state index in [0.717, 1.165) is 30.2 Å². The fourth-order valence-electron chi connectivity index (χ4n) is 2.80. The summed E-state index contributed by atoms with van der Waals surface area (Å²) in [5.74, 6) is 2.02. The quantitative estimate of drug-likeness (QED) is 0.915. The highest BCUT2D eigenvalue weighted by Gasteiger charge is 2.13. The summed E-state index contributed by atoms with van der Waals surface area (Å²) in [4.78, 5) is 14.3. The van der Waals surface area contributed by atoms with Crippen LogP contribution in [-0.4, -0.2) is 36.3 Å². The van der Waals surface area contributed by atoms with Gasteiger partial charge in [-0.05, 0) is 49.1 Å². The van der Waals surface area contributed by atoms with Crippen LogP contribution >= 0.6 is 0 Å². The molecule has 0 bridgehead atoms. The van der Waals surface area contributed by atoms with Gasteiger partial charge in [0.2, 0.25) is 5.91 Å². The van der Waals surface area contributed by atoms with Gasteiger partial charge in [-0.2, -0.15) is 0 Å². The van der Waals surface area contributed by atoms with Crippen LogP contribution < -0.4 is 15.0 Å². The Labute approximate surface area is 141 Å². The SMILES string of the molecule is COc1ccc(CC(=O)Nc2ccc(N3CCCCC3)nn2)cc1. The van der Waals surface area contributed by atoms with E-state index in [1.54, 1.807) is 7.11 Å². The van der Waals surface area contributed by atoms with E-state index in [-0.39, 0.29) is 5.91 Å². The number of carbonyl (C=O) groups is 1. The summed E-state index contributed by atoms with van der Waals surface area (Å²) in [6.45, 7) is 2.05. The normalized spacial score (nSPS) is 14.3. The van der Waals surface area contributed by atoms with Gasteiger partial charge in [0.1, 0.15) is 5.75 Å². The number of piperidine rings is 1. The molecular formula is C18H22N4O2. The zero-order chi connectivity index (χ0) is 16.8. The van der Waals surface area contributed by atoms with Gasteiger partial charge in [0.15, 0.2) is 11.6 Å². The van der Waals surface area contributed by atoms with Gasteiger partial charge in [-0.3, -0.25) is 4.79 Å². The molecule has 0 aliphatic carbocycles. The first-order valence-electron chi connectivity index (χ1n) is 8.26. The third-order valence-corrected chi connectivity index (χ3v) is 4.12. The smallest absolute Gasteiger partial charge is 0.229 e. The number of hydrogen-bond donors (Lipinski definition) is 1. The van der Waals surface area contributed by atoms with Crippen molar-refractivity contribution in [1.82, 2.24) is 10.2 Å². The van der Waals surface area contributed by atoms with Crippen molar-refractivity contribution in [2.45, 2.75) is 25.7 Å². The lowest BCUT2D eigenvalue weighted by Gasteiger charge is -2.27. The first kappa shape index (κ1) is 16.2. The predicted molar refractivity (Wildman–Crippen MR) is 93.4 cm³/mol. The van der Waals surface area contributed by atoms with Crippen molar-refractivity contribution >= 4 is 17.5 Å². The van der Waals surface area contributed by atoms with Crippen LogP contribution in [0.15, 0.2) is 36.4 Å². The molecule has 0 spiro atoms. The molecule has 126 valence electrons. The molecule has 1 N–H and O–H groups in total. The van der Waals surface area contributed by atoms with E-state index >= 15 is 0 Å². The number of nitrogens with zero attached hydrogens (tertiary/aromatic N) is 3. The van der Waals surface area contributed by atoms with Crippen LogP contribution in [0.2, 0.25) is 0 Å². The molecule has 2 aromatic rings. The average Bonchev–Trinajstić information content (AvgIpc) is 2.64. The van der Waals surface area contributed by atoms with E-state index < -0.39 is 0 Å². The summed E-state index contributed by atoms with van der Waals surface area (Å²) >= 11 is 0. The molecule has 1 aliphatic rings. The Morgan fingerprint density at radius 3 is 2.46 bits per heavy atom. The van der Waals surface area contributed by atoms with E-state index in [1.165, 1.54) is 19.3 Å². The third-order valence-electron chi connectivity index (χ3n) is 4.12. The molecule has 1 aromatic carbocycles. The fraction of sp³-hybridized carbons (Fsp3) is 0.389. The lowest BCUT2D eigenvalue weighted by molar-refractivity contribution is -0.115. The topological polar surface area (TPSA) is 67.3 Å². The molecule has 1 aromatic heterocycles. The Morgan fingerprint density at radius 2 is 1.83 bits per heavy atom. The van der Waals surface area contributed by atoms with Gasteiger partial charge < -0.3 is 15.0 Å². The third kappa shape index (κ3) is 4.22. The Hall–Kier alpha value is -2.63. The molecule has 6 heteroatoms. The fourth-order valence-corrected chi connectivity index (χ4v) is 2.80. The molecule has 24 heavy (non-hydrogen) atoms. The van der Waals surface area contributed by atoms with Crippen LogP contribution in [0.4, 0.5) is 11.6 Å². The minimum atomic E-state index is -0.111. The molecule has 0 atom stereocenters. The summed E-state index contributed by atoms with van der Waals surface area (Å²) in [6, 6.07) is 11.2. The minimum Gasteiger partial charge on any atom is -0.497 e. The number of benzene rings is 1. The number of amides is 1. The standard InChI is InChI=1S/C18H22N4O2/c1-24-15-7-5-14(6-8-15)13-18(23)19-16-9-10-17(21-20-16)22-11-3-2-4-12-22/h5-10H,2-4,11-13H2,1H3,(H,19,20,23). The van der Waals surface area contributed by atoms with E-state index in [1.807, 2.05) is 36.4 Å². The van der Waals surface area contributed by atoms with Gasteiger partial charge in [0, 0.05) is 13.1 Å². The van der Waals surface area contributed by atoms with E-state index in [4.69, 9.17) is 4.74 Å². The van der Waals surface area contributed by atoms with Crippen LogP contribution in [-0.2, 0) is 11.2 Å². The summed E-state index contributed by atoms with van der Waals surface area (Å²) in [5.41, 5.74) is 0.922. The monoisotopic (exact) mass is 326 g/mol. The average molecular weight is 326 g/mol. The van der Waals surface area contributed by atoms with Gasteiger partial charge in [0.05, 0.1) is 13.5 Å². The number of rotatable bonds is 5. The molecular weight excluding hydrogens is 304 g/mol. The Morgan fingerprint density at radius 1 is 1.08 bits per heavy atom. The van der Waals surface area contributed by atoms with Gasteiger partial charge >= 0.3 is 0 Å². The highest BCUT2D eigenvalue weighted by molar-refractivity contribution is 5.91. The van der Waals surface area contributed by atoms with Crippen molar-refractivity contribution in [3.63, 3.8) is 0 Å². The maximum atomic E-state index is 12.1. The van der Waals surface area contributed by atoms with Gasteiger partial charge in [-0.25, -0.2) is 0 Å². The Bertz CT molecular complexity index is 664. The lowest BCUT2D eigenvalue weighted by Crippen LogP contribution is -2.30. The highest BCUT2D eigenvalue weighted by atomic mass is 16.5. The minimum absolute atomic E-state index is 0.111. The molecule has 1 amide bonds. The first-order chi connectivity index (χ1) is 11.7. The summed E-state index contributed by atoms with van der Waals surface area (Å²) in [6.07, 6.45) is 3.97. The number of carbonyl (C=O) groups excluding carboxylic acids is 1. The molecule has 1 fully saturated rings. The zero-order valence-corrected chi connectivity index (χ0v) is 13.9. The lowest BCUT2D eigenvalue weighted by atomic mass is 10.1. The second-order valence-corrected chi connectivity index (χ2v) is 5.90. The number of anilines is 2. The van der Waals surface area contributed by atoms with Crippen molar-refractivity contribution < 1.29 is 9.53 Å². The van der Waals surface area contributed by atoms with Crippen molar-refractivity contribution in [3.8, 4) is 5.75 Å². The van der Waals surface area contributed by atoms with Crippen molar-refractivity contribution in [3.05, 3.63) is 42.0 Å². The van der Waals surface area contributed by atoms with Crippen LogP contribution in [0.5, 0.6) is 5.75 Å². The molecule has 0 radical (unpaired) electrons. The molecule has 0 unspecified atom stereocenters. The summed E-state index contributed by atoms with van der Waals surface area (Å²) < 4.78 is 5.11. The summed E-state index contributed by atoms with van der Waals surface area (Å²) in [7, 11) is 1.62. The highest BCUT2D eigenvalue weighted by Crippen LogP contribution is 2.18. The maximum absolute atomic E-state index is 12.1. The van der Waals surface area contributed by atoms with Gasteiger partial charge in [-0.1, -0.05) is 12.1 Å². The van der Waals surface area contributed by atoms with E-state index in [0.29, 0.717) is 12.2 Å². The number of aromatic nitrogens is 2. The van der Waals surface area contributed by atoms with Crippen molar-refractivity contribution in [1.29, 1.82) is 0 Å². The number of ether oxygens (including phenoxy) is 1. The second kappa shape index (κ2) is 7.77. The molecule has 1 saturated heterocycles. The van der Waals surface area contributed by atoms with Gasteiger partial charge in [0.25, 0.3) is 0 Å².